The standard InChI is InChI=1S/C14H24N4O/c1-11-13(12(2)17-16-11)14(19)15-7-6-10-18-8-4-3-5-9-18/h3-10H2,1-2H3,(H,15,19)(H,16,17). The molecule has 1 aromatic rings. The highest BCUT2D eigenvalue weighted by atomic mass is 16.1. The summed E-state index contributed by atoms with van der Waals surface area (Å²) in [6.45, 7) is 7.99. The maximum atomic E-state index is 12.0. The van der Waals surface area contributed by atoms with Crippen molar-refractivity contribution in [2.45, 2.75) is 39.5 Å². The van der Waals surface area contributed by atoms with Crippen LogP contribution in [0.5, 0.6) is 0 Å². The minimum absolute atomic E-state index is 0.0117. The van der Waals surface area contributed by atoms with Crippen LogP contribution in [-0.2, 0) is 0 Å². The summed E-state index contributed by atoms with van der Waals surface area (Å²) < 4.78 is 0. The number of likely N-dealkylation sites (tertiary alicyclic amines) is 1. The number of piperidine rings is 1. The van der Waals surface area contributed by atoms with Crippen LogP contribution >= 0.6 is 0 Å². The number of aryl methyl sites for hydroxylation is 2. The number of carbonyl (C=O) groups is 1. The smallest absolute Gasteiger partial charge is 0.255 e. The van der Waals surface area contributed by atoms with Crippen molar-refractivity contribution in [1.29, 1.82) is 0 Å². The third-order valence-corrected chi connectivity index (χ3v) is 3.74. The van der Waals surface area contributed by atoms with E-state index in [9.17, 15) is 4.79 Å². The predicted molar refractivity (Wildman–Crippen MR) is 75.3 cm³/mol. The van der Waals surface area contributed by atoms with E-state index < -0.39 is 0 Å². The van der Waals surface area contributed by atoms with Crippen LogP contribution in [0.4, 0.5) is 0 Å². The molecule has 1 aliphatic rings. The first-order chi connectivity index (χ1) is 9.18. The van der Waals surface area contributed by atoms with E-state index in [1.807, 2.05) is 13.8 Å². The molecule has 1 saturated heterocycles. The molecule has 1 aromatic heterocycles. The van der Waals surface area contributed by atoms with Gasteiger partial charge >= 0.3 is 0 Å². The second-order valence-electron chi connectivity index (χ2n) is 5.32. The van der Waals surface area contributed by atoms with Gasteiger partial charge in [0.25, 0.3) is 5.91 Å². The number of hydrogen-bond acceptors (Lipinski definition) is 3. The number of nitrogens with zero attached hydrogens (tertiary/aromatic N) is 2. The molecule has 5 heteroatoms. The number of carbonyl (C=O) groups excluding carboxylic acids is 1. The largest absolute Gasteiger partial charge is 0.352 e. The summed E-state index contributed by atoms with van der Waals surface area (Å²) in [7, 11) is 0. The Hall–Kier alpha value is -1.36. The van der Waals surface area contributed by atoms with Gasteiger partial charge in [-0.2, -0.15) is 5.10 Å². The molecule has 5 nitrogen and oxygen atoms in total. The number of H-pyrrole nitrogens is 1. The highest BCUT2D eigenvalue weighted by Crippen LogP contribution is 2.10. The first-order valence-electron chi connectivity index (χ1n) is 7.20. The van der Waals surface area contributed by atoms with Crippen molar-refractivity contribution in [3.8, 4) is 0 Å². The fourth-order valence-electron chi connectivity index (χ4n) is 2.66. The van der Waals surface area contributed by atoms with Crippen LogP contribution in [0.2, 0.25) is 0 Å². The van der Waals surface area contributed by atoms with E-state index in [1.165, 1.54) is 32.4 Å². The molecule has 106 valence electrons. The summed E-state index contributed by atoms with van der Waals surface area (Å²) in [6.07, 6.45) is 5.02. The molecular formula is C14H24N4O. The van der Waals surface area contributed by atoms with Crippen LogP contribution in [0.15, 0.2) is 0 Å². The quantitative estimate of drug-likeness (QED) is 0.795. The lowest BCUT2D eigenvalue weighted by atomic mass is 10.1. The Morgan fingerprint density at radius 1 is 1.32 bits per heavy atom. The lowest BCUT2D eigenvalue weighted by Crippen LogP contribution is -2.33. The maximum Gasteiger partial charge on any atom is 0.255 e. The zero-order chi connectivity index (χ0) is 13.7. The third-order valence-electron chi connectivity index (χ3n) is 3.74. The molecule has 0 saturated carbocycles. The second kappa shape index (κ2) is 6.70. The van der Waals surface area contributed by atoms with Crippen LogP contribution in [0.3, 0.4) is 0 Å². The molecule has 0 spiro atoms. The second-order valence-corrected chi connectivity index (χ2v) is 5.32. The average Bonchev–Trinajstić information content (AvgIpc) is 2.75. The fourth-order valence-corrected chi connectivity index (χ4v) is 2.66. The van der Waals surface area contributed by atoms with Gasteiger partial charge in [0, 0.05) is 12.2 Å². The minimum atomic E-state index is -0.0117. The van der Waals surface area contributed by atoms with Crippen LogP contribution in [0.25, 0.3) is 0 Å². The van der Waals surface area contributed by atoms with Gasteiger partial charge in [-0.3, -0.25) is 9.89 Å². The van der Waals surface area contributed by atoms with Gasteiger partial charge in [-0.25, -0.2) is 0 Å². The highest BCUT2D eigenvalue weighted by Gasteiger charge is 2.14. The fraction of sp³-hybridized carbons (Fsp3) is 0.714. The summed E-state index contributed by atoms with van der Waals surface area (Å²) in [4.78, 5) is 14.5. The molecule has 0 aromatic carbocycles. The van der Waals surface area contributed by atoms with Crippen molar-refractivity contribution in [2.75, 3.05) is 26.2 Å². The van der Waals surface area contributed by atoms with E-state index in [0.29, 0.717) is 5.56 Å². The summed E-state index contributed by atoms with van der Waals surface area (Å²) in [5.41, 5.74) is 2.30. The molecule has 0 unspecified atom stereocenters. The van der Waals surface area contributed by atoms with E-state index in [1.54, 1.807) is 0 Å². The van der Waals surface area contributed by atoms with Gasteiger partial charge in [-0.15, -0.1) is 0 Å². The van der Waals surface area contributed by atoms with Gasteiger partial charge in [-0.05, 0) is 52.7 Å². The molecule has 1 fully saturated rings. The Morgan fingerprint density at radius 2 is 2.05 bits per heavy atom. The number of nitrogens with one attached hydrogen (secondary N) is 2. The van der Waals surface area contributed by atoms with Gasteiger partial charge < -0.3 is 10.2 Å². The Balaban J connectivity index is 1.69. The predicted octanol–water partition coefficient (Wildman–Crippen LogP) is 1.63. The molecule has 0 aliphatic carbocycles. The van der Waals surface area contributed by atoms with E-state index in [-0.39, 0.29) is 5.91 Å². The molecule has 1 amide bonds. The Bertz CT molecular complexity index is 402. The third kappa shape index (κ3) is 3.80. The molecule has 19 heavy (non-hydrogen) atoms. The number of amides is 1. The van der Waals surface area contributed by atoms with Crippen LogP contribution in [0.1, 0.15) is 47.4 Å². The van der Waals surface area contributed by atoms with Crippen molar-refractivity contribution in [3.05, 3.63) is 17.0 Å². The number of aromatic nitrogens is 2. The number of rotatable bonds is 5. The zero-order valence-electron chi connectivity index (χ0n) is 12.0. The normalized spacial score (nSPS) is 16.5. The van der Waals surface area contributed by atoms with Crippen molar-refractivity contribution in [2.24, 2.45) is 0 Å². The molecule has 1 aliphatic heterocycles. The molecule has 0 radical (unpaired) electrons. The topological polar surface area (TPSA) is 61.0 Å². The van der Waals surface area contributed by atoms with Crippen LogP contribution in [0, 0.1) is 13.8 Å². The Labute approximate surface area is 114 Å². The average molecular weight is 264 g/mol. The minimum Gasteiger partial charge on any atom is -0.352 e. The Morgan fingerprint density at radius 3 is 2.68 bits per heavy atom. The van der Waals surface area contributed by atoms with Crippen LogP contribution in [-0.4, -0.2) is 47.2 Å². The van der Waals surface area contributed by atoms with Crippen molar-refractivity contribution >= 4 is 5.91 Å². The summed E-state index contributed by atoms with van der Waals surface area (Å²) >= 11 is 0. The number of aromatic amines is 1. The van der Waals surface area contributed by atoms with Gasteiger partial charge in [0.05, 0.1) is 11.3 Å². The lowest BCUT2D eigenvalue weighted by molar-refractivity contribution is 0.0950. The SMILES string of the molecule is Cc1n[nH]c(C)c1C(=O)NCCCN1CCCCC1. The lowest BCUT2D eigenvalue weighted by Gasteiger charge is -2.26. The summed E-state index contributed by atoms with van der Waals surface area (Å²) in [6, 6.07) is 0. The van der Waals surface area contributed by atoms with E-state index in [4.69, 9.17) is 0 Å². The monoisotopic (exact) mass is 264 g/mol. The number of hydrogen-bond donors (Lipinski definition) is 2. The van der Waals surface area contributed by atoms with Crippen molar-refractivity contribution in [3.63, 3.8) is 0 Å². The first-order valence-corrected chi connectivity index (χ1v) is 7.20. The molecular weight excluding hydrogens is 240 g/mol. The van der Waals surface area contributed by atoms with Crippen molar-refractivity contribution < 1.29 is 4.79 Å². The van der Waals surface area contributed by atoms with E-state index in [2.05, 4.69) is 20.4 Å². The molecule has 0 atom stereocenters. The molecule has 0 bridgehead atoms. The Kier molecular flexibility index (Phi) is 4.96. The highest BCUT2D eigenvalue weighted by molar-refractivity contribution is 5.96. The molecule has 2 N–H and O–H groups in total. The van der Waals surface area contributed by atoms with Crippen LogP contribution < -0.4 is 5.32 Å². The molecule has 2 rings (SSSR count). The molecule has 2 heterocycles. The van der Waals surface area contributed by atoms with Gasteiger partial charge in [0.2, 0.25) is 0 Å². The van der Waals surface area contributed by atoms with Crippen molar-refractivity contribution in [1.82, 2.24) is 20.4 Å². The summed E-state index contributed by atoms with van der Waals surface area (Å²) in [5.74, 6) is -0.0117. The van der Waals surface area contributed by atoms with Gasteiger partial charge in [-0.1, -0.05) is 6.42 Å². The van der Waals surface area contributed by atoms with Gasteiger partial charge in [0.1, 0.15) is 0 Å². The first kappa shape index (κ1) is 14.1. The van der Waals surface area contributed by atoms with Gasteiger partial charge in [0.15, 0.2) is 0 Å². The van der Waals surface area contributed by atoms with E-state index >= 15 is 0 Å². The maximum absolute atomic E-state index is 12.0. The van der Waals surface area contributed by atoms with E-state index in [0.717, 1.165) is 30.9 Å². The zero-order valence-corrected chi connectivity index (χ0v) is 12.0. The summed E-state index contributed by atoms with van der Waals surface area (Å²) in [5, 5.41) is 9.87.